The van der Waals surface area contributed by atoms with Gasteiger partial charge in [-0.2, -0.15) is 0 Å². The molecule has 1 unspecified atom stereocenters. The van der Waals surface area contributed by atoms with Crippen LogP contribution in [-0.4, -0.2) is 49.5 Å². The summed E-state index contributed by atoms with van der Waals surface area (Å²) < 4.78 is 27.2. The molecule has 0 aliphatic carbocycles. The molecule has 0 heterocycles. The van der Waals surface area contributed by atoms with Gasteiger partial charge >= 0.3 is 0 Å². The summed E-state index contributed by atoms with van der Waals surface area (Å²) in [6, 6.07) is 21.9. The van der Waals surface area contributed by atoms with Gasteiger partial charge in [0.2, 0.25) is 21.8 Å². The van der Waals surface area contributed by atoms with Crippen molar-refractivity contribution in [1.82, 2.24) is 10.2 Å². The molecule has 0 bridgehead atoms. The number of rotatable bonds is 10. The first-order chi connectivity index (χ1) is 18.6. The molecule has 0 aliphatic rings. The average Bonchev–Trinajstić information content (AvgIpc) is 2.85. The normalized spacial score (nSPS) is 12.5. The molecule has 3 rings (SSSR count). The largest absolute Gasteiger partial charge is 0.350 e. The Balaban J connectivity index is 2.10. The summed E-state index contributed by atoms with van der Waals surface area (Å²) in [4.78, 5) is 29.5. The van der Waals surface area contributed by atoms with Crippen LogP contribution >= 0.6 is 0 Å². The fourth-order valence-corrected chi connectivity index (χ4v) is 5.50. The van der Waals surface area contributed by atoms with Crippen LogP contribution in [0.3, 0.4) is 0 Å². The monoisotopic (exact) mass is 563 g/mol. The fraction of sp³-hybridized carbons (Fsp3) is 0.375. The molecule has 0 aliphatic heterocycles. The lowest BCUT2D eigenvalue weighted by Crippen LogP contribution is -2.56. The number of nitrogens with one attached hydrogen (secondary N) is 1. The minimum absolute atomic E-state index is 0.153. The van der Waals surface area contributed by atoms with Gasteiger partial charge in [0.05, 0.1) is 11.9 Å². The molecule has 214 valence electrons. The van der Waals surface area contributed by atoms with Crippen molar-refractivity contribution in [2.24, 2.45) is 0 Å². The lowest BCUT2D eigenvalue weighted by molar-refractivity contribution is -0.140. The fourth-order valence-electron chi connectivity index (χ4n) is 4.60. The Hall–Kier alpha value is -3.65. The zero-order chi connectivity index (χ0) is 29.7. The third-order valence-electron chi connectivity index (χ3n) is 6.52. The van der Waals surface area contributed by atoms with Crippen LogP contribution in [0.2, 0.25) is 0 Å². The molecule has 0 spiro atoms. The van der Waals surface area contributed by atoms with Gasteiger partial charge in [-0.1, -0.05) is 72.3 Å². The van der Waals surface area contributed by atoms with E-state index in [1.807, 2.05) is 108 Å². The summed E-state index contributed by atoms with van der Waals surface area (Å²) in [6.07, 6.45) is 1.38. The van der Waals surface area contributed by atoms with E-state index in [1.165, 1.54) is 4.90 Å². The maximum atomic E-state index is 14.2. The molecule has 8 heteroatoms. The Labute approximate surface area is 239 Å². The molecule has 0 radical (unpaired) electrons. The van der Waals surface area contributed by atoms with Gasteiger partial charge in [0.1, 0.15) is 12.6 Å². The molecule has 0 saturated carbocycles. The predicted molar refractivity (Wildman–Crippen MR) is 162 cm³/mol. The first-order valence-electron chi connectivity index (χ1n) is 13.4. The molecule has 3 aromatic rings. The smallest absolute Gasteiger partial charge is 0.244 e. The highest BCUT2D eigenvalue weighted by atomic mass is 32.2. The van der Waals surface area contributed by atoms with Gasteiger partial charge in [-0.3, -0.25) is 13.9 Å². The Morgan fingerprint density at radius 3 is 2.08 bits per heavy atom. The first-order valence-corrected chi connectivity index (χ1v) is 15.2. The van der Waals surface area contributed by atoms with E-state index >= 15 is 0 Å². The van der Waals surface area contributed by atoms with Crippen molar-refractivity contribution < 1.29 is 18.0 Å². The first kappa shape index (κ1) is 30.9. The Bertz CT molecular complexity index is 1450. The quantitative estimate of drug-likeness (QED) is 0.379. The van der Waals surface area contributed by atoms with Crippen LogP contribution in [0.4, 0.5) is 5.69 Å². The van der Waals surface area contributed by atoms with Crippen LogP contribution in [0.1, 0.15) is 48.6 Å². The van der Waals surface area contributed by atoms with E-state index < -0.39 is 34.1 Å². The van der Waals surface area contributed by atoms with Crippen LogP contribution in [-0.2, 0) is 32.6 Å². The van der Waals surface area contributed by atoms with Gasteiger partial charge in [0.25, 0.3) is 0 Å². The number of anilines is 1. The molecule has 7 nitrogen and oxygen atoms in total. The number of aryl methyl sites for hydroxylation is 3. The highest BCUT2D eigenvalue weighted by Gasteiger charge is 2.34. The molecule has 1 N–H and O–H groups in total. The number of carbonyl (C=O) groups excluding carboxylic acids is 2. The van der Waals surface area contributed by atoms with Crippen molar-refractivity contribution in [3.8, 4) is 0 Å². The third-order valence-corrected chi connectivity index (χ3v) is 7.64. The SMILES string of the molecule is Cc1cccc(CN(C(=O)CN(c2cc(C)ccc2C)S(C)(=O)=O)C(Cc2ccccc2)C(=O)NC(C)(C)C)c1. The number of hydrogen-bond acceptors (Lipinski definition) is 4. The second-order valence-corrected chi connectivity index (χ2v) is 13.4. The summed E-state index contributed by atoms with van der Waals surface area (Å²) in [5.41, 5.74) is 4.31. The van der Waals surface area contributed by atoms with Gasteiger partial charge in [-0.05, 0) is 69.9 Å². The van der Waals surface area contributed by atoms with Crippen LogP contribution in [0.15, 0.2) is 72.8 Å². The second-order valence-electron chi connectivity index (χ2n) is 11.5. The Morgan fingerprint density at radius 1 is 0.850 bits per heavy atom. The Kier molecular flexibility index (Phi) is 9.79. The second kappa shape index (κ2) is 12.7. The topological polar surface area (TPSA) is 86.8 Å². The highest BCUT2D eigenvalue weighted by Crippen LogP contribution is 2.25. The lowest BCUT2D eigenvalue weighted by atomic mass is 10.0. The van der Waals surface area contributed by atoms with E-state index in [0.717, 1.165) is 38.4 Å². The Morgan fingerprint density at radius 2 is 1.48 bits per heavy atom. The van der Waals surface area contributed by atoms with Gasteiger partial charge in [-0.25, -0.2) is 8.42 Å². The minimum Gasteiger partial charge on any atom is -0.350 e. The molecule has 3 aromatic carbocycles. The highest BCUT2D eigenvalue weighted by molar-refractivity contribution is 7.92. The number of benzene rings is 3. The van der Waals surface area contributed by atoms with Gasteiger partial charge < -0.3 is 10.2 Å². The van der Waals surface area contributed by atoms with E-state index in [-0.39, 0.29) is 18.9 Å². The molecule has 0 saturated heterocycles. The van der Waals surface area contributed by atoms with E-state index in [2.05, 4.69) is 5.32 Å². The number of hydrogen-bond donors (Lipinski definition) is 1. The third kappa shape index (κ3) is 8.68. The van der Waals surface area contributed by atoms with Crippen LogP contribution in [0, 0.1) is 20.8 Å². The molecular weight excluding hydrogens is 522 g/mol. The van der Waals surface area contributed by atoms with Crippen molar-refractivity contribution in [1.29, 1.82) is 0 Å². The molecule has 2 amide bonds. The minimum atomic E-state index is -3.81. The van der Waals surface area contributed by atoms with Crippen molar-refractivity contribution in [3.05, 3.63) is 101 Å². The lowest BCUT2D eigenvalue weighted by Gasteiger charge is -2.35. The zero-order valence-electron chi connectivity index (χ0n) is 24.6. The van der Waals surface area contributed by atoms with Crippen LogP contribution in [0.5, 0.6) is 0 Å². The van der Waals surface area contributed by atoms with Crippen LogP contribution < -0.4 is 9.62 Å². The molecule has 1 atom stereocenters. The maximum Gasteiger partial charge on any atom is 0.244 e. The van der Waals surface area contributed by atoms with Gasteiger partial charge in [-0.15, -0.1) is 0 Å². The molecular formula is C32H41N3O4S. The van der Waals surface area contributed by atoms with Crippen molar-refractivity contribution in [2.45, 2.75) is 66.1 Å². The van der Waals surface area contributed by atoms with Crippen molar-refractivity contribution in [2.75, 3.05) is 17.1 Å². The van der Waals surface area contributed by atoms with Crippen molar-refractivity contribution in [3.63, 3.8) is 0 Å². The van der Waals surface area contributed by atoms with E-state index in [4.69, 9.17) is 0 Å². The number of carbonyl (C=O) groups is 2. The molecule has 40 heavy (non-hydrogen) atoms. The zero-order valence-corrected chi connectivity index (χ0v) is 25.4. The van der Waals surface area contributed by atoms with E-state index in [9.17, 15) is 18.0 Å². The standard InChI is InChI=1S/C32H41N3O4S/c1-23-12-11-15-27(18-23)21-34(29(31(37)33-32(4,5)6)20-26-13-9-8-10-14-26)30(36)22-35(40(7,38)39)28-19-24(2)16-17-25(28)3/h8-19,29H,20-22H2,1-7H3,(H,33,37). The number of sulfonamides is 1. The van der Waals surface area contributed by atoms with Crippen molar-refractivity contribution >= 4 is 27.5 Å². The summed E-state index contributed by atoms with van der Waals surface area (Å²) >= 11 is 0. The summed E-state index contributed by atoms with van der Waals surface area (Å²) in [6.45, 7) is 11.1. The average molecular weight is 564 g/mol. The van der Waals surface area contributed by atoms with Gasteiger partial charge in [0.15, 0.2) is 0 Å². The van der Waals surface area contributed by atoms with Gasteiger partial charge in [0, 0.05) is 18.5 Å². The summed E-state index contributed by atoms with van der Waals surface area (Å²) in [5.74, 6) is -0.757. The number of nitrogens with zero attached hydrogens (tertiary/aromatic N) is 2. The van der Waals surface area contributed by atoms with E-state index in [1.54, 1.807) is 6.07 Å². The summed E-state index contributed by atoms with van der Waals surface area (Å²) in [7, 11) is -3.81. The summed E-state index contributed by atoms with van der Waals surface area (Å²) in [5, 5.41) is 3.04. The van der Waals surface area contributed by atoms with Crippen LogP contribution in [0.25, 0.3) is 0 Å². The van der Waals surface area contributed by atoms with E-state index in [0.29, 0.717) is 5.69 Å². The maximum absolute atomic E-state index is 14.2. The predicted octanol–water partition coefficient (Wildman–Crippen LogP) is 4.93. The molecule has 0 fully saturated rings. The number of amides is 2. The molecule has 0 aromatic heterocycles.